The molecule has 3 rings (SSSR count). The maximum Gasteiger partial charge on any atom is 0.262 e. The number of hydrogen-bond acceptors (Lipinski definition) is 7. The number of ether oxygens (including phenoxy) is 3. The van der Waals surface area contributed by atoms with Crippen LogP contribution in [0.15, 0.2) is 52.3 Å². The van der Waals surface area contributed by atoms with Crippen LogP contribution in [-0.2, 0) is 24.8 Å². The van der Waals surface area contributed by atoms with E-state index in [0.29, 0.717) is 19.0 Å². The van der Waals surface area contributed by atoms with Gasteiger partial charge in [0.25, 0.3) is 10.0 Å². The summed E-state index contributed by atoms with van der Waals surface area (Å²) in [5.74, 6) is 0.657. The van der Waals surface area contributed by atoms with Gasteiger partial charge in [-0.15, -0.1) is 0 Å². The Morgan fingerprint density at radius 3 is 2.24 bits per heavy atom. The number of methoxy groups -OCH3 is 2. The summed E-state index contributed by atoms with van der Waals surface area (Å²) in [4.78, 5) is -0.0384. The van der Waals surface area contributed by atoms with Crippen LogP contribution in [0.5, 0.6) is 11.5 Å². The van der Waals surface area contributed by atoms with Gasteiger partial charge in [0.1, 0.15) is 0 Å². The van der Waals surface area contributed by atoms with Gasteiger partial charge in [-0.05, 0) is 30.3 Å². The van der Waals surface area contributed by atoms with Crippen molar-refractivity contribution in [2.75, 3.05) is 45.2 Å². The Balaban J connectivity index is 1.88. The molecule has 0 saturated carbocycles. The van der Waals surface area contributed by atoms with E-state index in [4.69, 9.17) is 14.2 Å². The molecule has 0 atom stereocenters. The van der Waals surface area contributed by atoms with E-state index < -0.39 is 20.0 Å². The summed E-state index contributed by atoms with van der Waals surface area (Å²) in [6, 6.07) is 9.87. The second kappa shape index (κ2) is 8.57. The van der Waals surface area contributed by atoms with Gasteiger partial charge in [-0.2, -0.15) is 4.31 Å². The van der Waals surface area contributed by atoms with Crippen molar-refractivity contribution >= 4 is 25.7 Å². The summed E-state index contributed by atoms with van der Waals surface area (Å²) in [5.41, 5.74) is 0.133. The van der Waals surface area contributed by atoms with E-state index in [1.165, 1.54) is 61.0 Å². The molecule has 2 aromatic rings. The van der Waals surface area contributed by atoms with Gasteiger partial charge in [-0.1, -0.05) is 6.07 Å². The van der Waals surface area contributed by atoms with Crippen LogP contribution in [0.1, 0.15) is 0 Å². The van der Waals surface area contributed by atoms with Crippen LogP contribution in [0, 0.1) is 0 Å². The van der Waals surface area contributed by atoms with Gasteiger partial charge in [-0.3, -0.25) is 4.72 Å². The maximum absolute atomic E-state index is 12.8. The van der Waals surface area contributed by atoms with Crippen molar-refractivity contribution < 1.29 is 31.0 Å². The van der Waals surface area contributed by atoms with Crippen LogP contribution in [0.25, 0.3) is 0 Å². The molecule has 1 aliphatic rings. The molecule has 0 aliphatic carbocycles. The van der Waals surface area contributed by atoms with E-state index in [2.05, 4.69) is 4.72 Å². The molecule has 0 radical (unpaired) electrons. The van der Waals surface area contributed by atoms with E-state index >= 15 is 0 Å². The number of nitrogens with one attached hydrogen (secondary N) is 1. The first kappa shape index (κ1) is 21.4. The zero-order chi connectivity index (χ0) is 21.1. The second-order valence-corrected chi connectivity index (χ2v) is 9.79. The van der Waals surface area contributed by atoms with Gasteiger partial charge in [0.05, 0.1) is 42.9 Å². The molecular weight excluding hydrogens is 420 g/mol. The molecule has 158 valence electrons. The third-order valence-electron chi connectivity index (χ3n) is 4.36. The van der Waals surface area contributed by atoms with Crippen molar-refractivity contribution in [2.45, 2.75) is 9.79 Å². The average Bonchev–Trinajstić information content (AvgIpc) is 2.73. The number of rotatable bonds is 7. The summed E-state index contributed by atoms with van der Waals surface area (Å²) < 4.78 is 70.2. The highest BCUT2D eigenvalue weighted by Gasteiger charge is 2.27. The van der Waals surface area contributed by atoms with E-state index in [1.807, 2.05) is 0 Å². The van der Waals surface area contributed by atoms with E-state index in [1.54, 1.807) is 0 Å². The molecular formula is C18H22N2O7S2. The highest BCUT2D eigenvalue weighted by molar-refractivity contribution is 7.92. The van der Waals surface area contributed by atoms with Crippen LogP contribution in [0.4, 0.5) is 5.69 Å². The standard InChI is InChI=1S/C18H22N2O7S2/c1-25-17-7-6-15(13-18(17)26-2)28(21,22)19-14-4-3-5-16(12-14)29(23,24)20-8-10-27-11-9-20/h3-7,12-13,19H,8-11H2,1-2H3. The van der Waals surface area contributed by atoms with Crippen molar-refractivity contribution in [1.82, 2.24) is 4.31 Å². The summed E-state index contributed by atoms with van der Waals surface area (Å²) >= 11 is 0. The Kier molecular flexibility index (Phi) is 6.32. The van der Waals surface area contributed by atoms with Crippen LogP contribution < -0.4 is 14.2 Å². The monoisotopic (exact) mass is 442 g/mol. The third kappa shape index (κ3) is 4.64. The first-order valence-corrected chi connectivity index (χ1v) is 11.6. The lowest BCUT2D eigenvalue weighted by atomic mass is 10.3. The van der Waals surface area contributed by atoms with Crippen LogP contribution in [0.3, 0.4) is 0 Å². The minimum Gasteiger partial charge on any atom is -0.493 e. The first-order chi connectivity index (χ1) is 13.8. The SMILES string of the molecule is COc1ccc(S(=O)(=O)Nc2cccc(S(=O)(=O)N3CCOCC3)c2)cc1OC. The molecule has 29 heavy (non-hydrogen) atoms. The van der Waals surface area contributed by atoms with Crippen LogP contribution in [-0.4, -0.2) is 61.7 Å². The summed E-state index contributed by atoms with van der Waals surface area (Å²) in [6.07, 6.45) is 0. The van der Waals surface area contributed by atoms with Crippen molar-refractivity contribution in [3.8, 4) is 11.5 Å². The molecule has 1 heterocycles. The molecule has 0 unspecified atom stereocenters. The van der Waals surface area contributed by atoms with Crippen molar-refractivity contribution in [2.24, 2.45) is 0 Å². The molecule has 1 saturated heterocycles. The number of nitrogens with zero attached hydrogens (tertiary/aromatic N) is 1. The Morgan fingerprint density at radius 2 is 1.59 bits per heavy atom. The summed E-state index contributed by atoms with van der Waals surface area (Å²) in [6.45, 7) is 1.16. The molecule has 1 N–H and O–H groups in total. The Hall–Kier alpha value is -2.34. The minimum atomic E-state index is -3.97. The van der Waals surface area contributed by atoms with Crippen molar-refractivity contribution in [3.05, 3.63) is 42.5 Å². The molecule has 0 bridgehead atoms. The normalized spacial score (nSPS) is 15.7. The van der Waals surface area contributed by atoms with E-state index in [0.717, 1.165) is 0 Å². The Bertz CT molecular complexity index is 1080. The number of hydrogen-bond donors (Lipinski definition) is 1. The number of morpholine rings is 1. The van der Waals surface area contributed by atoms with Gasteiger partial charge >= 0.3 is 0 Å². The molecule has 0 aromatic heterocycles. The quantitative estimate of drug-likeness (QED) is 0.692. The lowest BCUT2D eigenvalue weighted by molar-refractivity contribution is 0.0730. The summed E-state index contributed by atoms with van der Waals surface area (Å²) in [7, 11) is -4.86. The highest BCUT2D eigenvalue weighted by atomic mass is 32.2. The second-order valence-electron chi connectivity index (χ2n) is 6.17. The van der Waals surface area contributed by atoms with Crippen molar-refractivity contribution in [3.63, 3.8) is 0 Å². The predicted octanol–water partition coefficient (Wildman–Crippen LogP) is 1.53. The Labute approximate surface area is 170 Å². The largest absolute Gasteiger partial charge is 0.493 e. The zero-order valence-corrected chi connectivity index (χ0v) is 17.6. The topological polar surface area (TPSA) is 111 Å². The lowest BCUT2D eigenvalue weighted by Gasteiger charge is -2.26. The fourth-order valence-electron chi connectivity index (χ4n) is 2.85. The van der Waals surface area contributed by atoms with Crippen molar-refractivity contribution in [1.29, 1.82) is 0 Å². The first-order valence-electron chi connectivity index (χ1n) is 8.71. The number of sulfonamides is 2. The average molecular weight is 443 g/mol. The molecule has 2 aromatic carbocycles. The predicted molar refractivity (Wildman–Crippen MR) is 106 cm³/mol. The minimum absolute atomic E-state index is 0.00640. The number of benzene rings is 2. The molecule has 11 heteroatoms. The zero-order valence-electron chi connectivity index (χ0n) is 16.0. The molecule has 0 spiro atoms. The van der Waals surface area contributed by atoms with Gasteiger partial charge in [0, 0.05) is 19.2 Å². The fraction of sp³-hybridized carbons (Fsp3) is 0.333. The van der Waals surface area contributed by atoms with Crippen LogP contribution in [0.2, 0.25) is 0 Å². The molecule has 1 aliphatic heterocycles. The van der Waals surface area contributed by atoms with Crippen LogP contribution >= 0.6 is 0 Å². The lowest BCUT2D eigenvalue weighted by Crippen LogP contribution is -2.40. The van der Waals surface area contributed by atoms with E-state index in [9.17, 15) is 16.8 Å². The highest BCUT2D eigenvalue weighted by Crippen LogP contribution is 2.30. The Morgan fingerprint density at radius 1 is 0.897 bits per heavy atom. The van der Waals surface area contributed by atoms with Gasteiger partial charge < -0.3 is 14.2 Å². The van der Waals surface area contributed by atoms with Gasteiger partial charge in [0.2, 0.25) is 10.0 Å². The fourth-order valence-corrected chi connectivity index (χ4v) is 5.37. The van der Waals surface area contributed by atoms with E-state index in [-0.39, 0.29) is 34.3 Å². The maximum atomic E-state index is 12.8. The van der Waals surface area contributed by atoms with Gasteiger partial charge in [0.15, 0.2) is 11.5 Å². The van der Waals surface area contributed by atoms with Gasteiger partial charge in [-0.25, -0.2) is 16.8 Å². The third-order valence-corrected chi connectivity index (χ3v) is 7.63. The number of anilines is 1. The smallest absolute Gasteiger partial charge is 0.262 e. The molecule has 9 nitrogen and oxygen atoms in total. The molecule has 1 fully saturated rings. The summed E-state index contributed by atoms with van der Waals surface area (Å²) in [5, 5.41) is 0. The molecule has 0 amide bonds.